The van der Waals surface area contributed by atoms with Crippen molar-refractivity contribution in [3.8, 4) is 5.75 Å². The molecule has 1 heterocycles. The molecular formula is C13H19IN2O. The number of aryl methyl sites for hydroxylation is 1. The average Bonchev–Trinajstić information content (AvgIpc) is 2.33. The number of halogens is 1. The molecule has 0 saturated carbocycles. The van der Waals surface area contributed by atoms with Crippen LogP contribution in [-0.4, -0.2) is 44.2 Å². The Labute approximate surface area is 117 Å². The molecule has 3 nitrogen and oxygen atoms in total. The smallest absolute Gasteiger partial charge is 0.132 e. The summed E-state index contributed by atoms with van der Waals surface area (Å²) in [5.74, 6) is 1.01. The second-order valence-corrected chi connectivity index (χ2v) is 5.54. The van der Waals surface area contributed by atoms with E-state index in [0.717, 1.165) is 45.1 Å². The minimum atomic E-state index is 0.777. The van der Waals surface area contributed by atoms with E-state index < -0.39 is 0 Å². The fourth-order valence-electron chi connectivity index (χ4n) is 1.94. The topological polar surface area (TPSA) is 24.5 Å². The van der Waals surface area contributed by atoms with Crippen molar-refractivity contribution in [2.24, 2.45) is 0 Å². The van der Waals surface area contributed by atoms with Gasteiger partial charge in [-0.1, -0.05) is 6.07 Å². The Hall–Kier alpha value is -0.330. The van der Waals surface area contributed by atoms with Crippen molar-refractivity contribution < 1.29 is 4.74 Å². The van der Waals surface area contributed by atoms with Gasteiger partial charge in [0.25, 0.3) is 0 Å². The highest BCUT2D eigenvalue weighted by molar-refractivity contribution is 14.1. The number of benzene rings is 1. The van der Waals surface area contributed by atoms with Crippen molar-refractivity contribution in [3.63, 3.8) is 0 Å². The fraction of sp³-hybridized carbons (Fsp3) is 0.538. The van der Waals surface area contributed by atoms with Gasteiger partial charge >= 0.3 is 0 Å². The molecule has 0 radical (unpaired) electrons. The second-order valence-electron chi connectivity index (χ2n) is 4.37. The van der Waals surface area contributed by atoms with Crippen molar-refractivity contribution in [1.29, 1.82) is 0 Å². The van der Waals surface area contributed by atoms with Crippen LogP contribution in [0.5, 0.6) is 5.75 Å². The van der Waals surface area contributed by atoms with Gasteiger partial charge in [0.2, 0.25) is 0 Å². The number of nitrogens with zero attached hydrogens (tertiary/aromatic N) is 1. The highest BCUT2D eigenvalue weighted by Crippen LogP contribution is 2.21. The van der Waals surface area contributed by atoms with E-state index in [1.807, 2.05) is 0 Å². The molecule has 94 valence electrons. The molecular weight excluding hydrogens is 327 g/mol. The van der Waals surface area contributed by atoms with Gasteiger partial charge in [0, 0.05) is 32.7 Å². The summed E-state index contributed by atoms with van der Waals surface area (Å²) in [5.41, 5.74) is 1.28. The lowest BCUT2D eigenvalue weighted by Gasteiger charge is -2.27. The summed E-state index contributed by atoms with van der Waals surface area (Å²) < 4.78 is 7.02. The first-order valence-corrected chi connectivity index (χ1v) is 7.15. The maximum absolute atomic E-state index is 5.82. The van der Waals surface area contributed by atoms with Crippen molar-refractivity contribution >= 4 is 22.6 Å². The molecule has 1 aromatic carbocycles. The molecule has 0 unspecified atom stereocenters. The standard InChI is InChI=1S/C13H19IN2O/c1-11-2-3-13(12(14)10-11)17-9-8-16-6-4-15-5-7-16/h2-3,10,15H,4-9H2,1H3. The van der Waals surface area contributed by atoms with E-state index in [1.54, 1.807) is 0 Å². The van der Waals surface area contributed by atoms with E-state index in [2.05, 4.69) is 57.9 Å². The summed E-state index contributed by atoms with van der Waals surface area (Å²) in [6.07, 6.45) is 0. The van der Waals surface area contributed by atoms with Gasteiger partial charge in [-0.05, 0) is 47.2 Å². The monoisotopic (exact) mass is 346 g/mol. The number of hydrogen-bond acceptors (Lipinski definition) is 3. The SMILES string of the molecule is Cc1ccc(OCCN2CCNCC2)c(I)c1. The first kappa shape index (κ1) is 13.1. The molecule has 17 heavy (non-hydrogen) atoms. The van der Waals surface area contributed by atoms with Crippen LogP contribution in [0.3, 0.4) is 0 Å². The Morgan fingerprint density at radius 2 is 2.12 bits per heavy atom. The molecule has 0 spiro atoms. The van der Waals surface area contributed by atoms with Crippen LogP contribution in [0.15, 0.2) is 18.2 Å². The first-order chi connectivity index (χ1) is 8.25. The molecule has 1 aliphatic rings. The van der Waals surface area contributed by atoms with Crippen molar-refractivity contribution in [2.45, 2.75) is 6.92 Å². The molecule has 0 bridgehead atoms. The lowest BCUT2D eigenvalue weighted by atomic mass is 10.2. The van der Waals surface area contributed by atoms with E-state index in [9.17, 15) is 0 Å². The quantitative estimate of drug-likeness (QED) is 0.843. The van der Waals surface area contributed by atoms with Gasteiger partial charge in [0.05, 0.1) is 3.57 Å². The predicted molar refractivity (Wildman–Crippen MR) is 78.7 cm³/mol. The van der Waals surface area contributed by atoms with Gasteiger partial charge in [-0.25, -0.2) is 0 Å². The zero-order chi connectivity index (χ0) is 12.1. The second kappa shape index (κ2) is 6.56. The van der Waals surface area contributed by atoms with Crippen LogP contribution in [0.1, 0.15) is 5.56 Å². The third-order valence-corrected chi connectivity index (χ3v) is 3.81. The number of nitrogens with one attached hydrogen (secondary N) is 1. The molecule has 0 aliphatic carbocycles. The van der Waals surface area contributed by atoms with Crippen molar-refractivity contribution in [1.82, 2.24) is 10.2 Å². The highest BCUT2D eigenvalue weighted by atomic mass is 127. The third-order valence-electron chi connectivity index (χ3n) is 2.96. The summed E-state index contributed by atoms with van der Waals surface area (Å²) >= 11 is 2.33. The van der Waals surface area contributed by atoms with Crippen LogP contribution in [-0.2, 0) is 0 Å². The molecule has 0 aromatic heterocycles. The summed E-state index contributed by atoms with van der Waals surface area (Å²) in [5, 5.41) is 3.35. The Bertz CT molecular complexity index is 364. The number of ether oxygens (including phenoxy) is 1. The van der Waals surface area contributed by atoms with Gasteiger partial charge in [0.1, 0.15) is 12.4 Å². The number of hydrogen-bond donors (Lipinski definition) is 1. The Morgan fingerprint density at radius 1 is 1.35 bits per heavy atom. The average molecular weight is 346 g/mol. The number of piperazine rings is 1. The van der Waals surface area contributed by atoms with Gasteiger partial charge in [0.15, 0.2) is 0 Å². The van der Waals surface area contributed by atoms with Gasteiger partial charge in [-0.3, -0.25) is 4.90 Å². The van der Waals surface area contributed by atoms with Crippen LogP contribution in [0.2, 0.25) is 0 Å². The summed E-state index contributed by atoms with van der Waals surface area (Å²) in [7, 11) is 0. The van der Waals surface area contributed by atoms with E-state index >= 15 is 0 Å². The van der Waals surface area contributed by atoms with E-state index in [1.165, 1.54) is 9.13 Å². The summed E-state index contributed by atoms with van der Waals surface area (Å²) in [6, 6.07) is 6.32. The molecule has 1 fully saturated rings. The molecule has 1 saturated heterocycles. The number of rotatable bonds is 4. The molecule has 1 aliphatic heterocycles. The van der Waals surface area contributed by atoms with E-state index in [-0.39, 0.29) is 0 Å². The van der Waals surface area contributed by atoms with Gasteiger partial charge < -0.3 is 10.1 Å². The zero-order valence-electron chi connectivity index (χ0n) is 10.2. The Balaban J connectivity index is 1.77. The Morgan fingerprint density at radius 3 is 2.82 bits per heavy atom. The van der Waals surface area contributed by atoms with Gasteiger partial charge in [-0.15, -0.1) is 0 Å². The maximum atomic E-state index is 5.82. The van der Waals surface area contributed by atoms with Crippen molar-refractivity contribution in [2.75, 3.05) is 39.3 Å². The van der Waals surface area contributed by atoms with E-state index in [0.29, 0.717) is 0 Å². The van der Waals surface area contributed by atoms with Crippen LogP contribution in [0.25, 0.3) is 0 Å². The largest absolute Gasteiger partial charge is 0.491 e. The molecule has 2 rings (SSSR count). The zero-order valence-corrected chi connectivity index (χ0v) is 12.4. The molecule has 0 amide bonds. The Kier molecular flexibility index (Phi) is 5.06. The van der Waals surface area contributed by atoms with Crippen LogP contribution >= 0.6 is 22.6 Å². The lowest BCUT2D eigenvalue weighted by molar-refractivity contribution is 0.191. The highest BCUT2D eigenvalue weighted by Gasteiger charge is 2.09. The van der Waals surface area contributed by atoms with Crippen LogP contribution in [0.4, 0.5) is 0 Å². The predicted octanol–water partition coefficient (Wildman–Crippen LogP) is 1.88. The maximum Gasteiger partial charge on any atom is 0.132 e. The fourth-order valence-corrected chi connectivity index (χ4v) is 2.77. The van der Waals surface area contributed by atoms with E-state index in [4.69, 9.17) is 4.74 Å². The summed E-state index contributed by atoms with van der Waals surface area (Å²) in [6.45, 7) is 8.37. The van der Waals surface area contributed by atoms with Crippen LogP contribution < -0.4 is 10.1 Å². The minimum absolute atomic E-state index is 0.777. The van der Waals surface area contributed by atoms with Crippen molar-refractivity contribution in [3.05, 3.63) is 27.3 Å². The third kappa shape index (κ3) is 4.12. The molecule has 0 atom stereocenters. The normalized spacial score (nSPS) is 17.1. The molecule has 1 aromatic rings. The van der Waals surface area contributed by atoms with Crippen LogP contribution in [0, 0.1) is 10.5 Å². The molecule has 1 N–H and O–H groups in total. The van der Waals surface area contributed by atoms with Gasteiger partial charge in [-0.2, -0.15) is 0 Å². The first-order valence-electron chi connectivity index (χ1n) is 6.08. The lowest BCUT2D eigenvalue weighted by Crippen LogP contribution is -2.44. The minimum Gasteiger partial charge on any atom is -0.491 e. The summed E-state index contributed by atoms with van der Waals surface area (Å²) in [4.78, 5) is 2.44. The molecule has 4 heteroatoms.